The minimum atomic E-state index is -3.61. The molecule has 0 amide bonds. The van der Waals surface area contributed by atoms with Crippen LogP contribution in [0, 0.1) is 6.92 Å². The molecule has 2 rings (SSSR count). The van der Waals surface area contributed by atoms with Crippen molar-refractivity contribution in [3.63, 3.8) is 0 Å². The van der Waals surface area contributed by atoms with Gasteiger partial charge in [0.05, 0.1) is 37.0 Å². The molecule has 2 aromatic rings. The van der Waals surface area contributed by atoms with E-state index in [1.54, 1.807) is 35.4 Å². The molecule has 33 heavy (non-hydrogen) atoms. The molecule has 2 aromatic carbocycles. The summed E-state index contributed by atoms with van der Waals surface area (Å²) in [4.78, 5) is 17.2. The lowest BCUT2D eigenvalue weighted by Crippen LogP contribution is -2.32. The maximum atomic E-state index is 11.2. The standard InChI is InChI=1S/C21H26N2O8S2/c1-16-13-20(23(9-11-30-32(2,26)27)10-12-31-33(3,28)29)8-7-18(16)15-22-19-6-4-5-17(14-19)21(24)25/h4-8,13-15H,9-12H2,1-3H3,(H,24,25). The summed E-state index contributed by atoms with van der Waals surface area (Å²) in [7, 11) is -7.22. The smallest absolute Gasteiger partial charge is 0.335 e. The predicted molar refractivity (Wildman–Crippen MR) is 126 cm³/mol. The van der Waals surface area contributed by atoms with Crippen molar-refractivity contribution in [2.24, 2.45) is 4.99 Å². The molecule has 12 heteroatoms. The Bertz CT molecular complexity index is 1190. The van der Waals surface area contributed by atoms with E-state index in [0.717, 1.165) is 23.6 Å². The number of hydrogen-bond acceptors (Lipinski definition) is 9. The molecule has 180 valence electrons. The molecule has 0 aliphatic rings. The third kappa shape index (κ3) is 9.70. The quantitative estimate of drug-likeness (QED) is 0.344. The molecule has 0 saturated heterocycles. The summed E-state index contributed by atoms with van der Waals surface area (Å²) in [6.45, 7) is 2.01. The molecule has 0 saturated carbocycles. The van der Waals surface area contributed by atoms with E-state index in [1.165, 1.54) is 12.1 Å². The number of aromatic carboxylic acids is 1. The van der Waals surface area contributed by atoms with E-state index in [4.69, 9.17) is 13.5 Å². The highest BCUT2D eigenvalue weighted by Crippen LogP contribution is 2.20. The molecule has 0 bridgehead atoms. The van der Waals surface area contributed by atoms with Crippen LogP contribution in [0.3, 0.4) is 0 Å². The third-order valence-corrected chi connectivity index (χ3v) is 5.57. The van der Waals surface area contributed by atoms with Crippen molar-refractivity contribution in [3.8, 4) is 0 Å². The average molecular weight is 499 g/mol. The van der Waals surface area contributed by atoms with E-state index in [9.17, 15) is 21.6 Å². The molecule has 0 heterocycles. The Morgan fingerprint density at radius 2 is 1.61 bits per heavy atom. The van der Waals surface area contributed by atoms with Gasteiger partial charge in [-0.25, -0.2) is 4.79 Å². The summed E-state index contributed by atoms with van der Waals surface area (Å²) in [5.41, 5.74) is 2.99. The number of hydrogen-bond donors (Lipinski definition) is 1. The van der Waals surface area contributed by atoms with Crippen molar-refractivity contribution in [2.75, 3.05) is 43.7 Å². The van der Waals surface area contributed by atoms with Crippen molar-refractivity contribution < 1.29 is 35.1 Å². The molecular weight excluding hydrogens is 472 g/mol. The number of carboxylic acid groups (broad SMARTS) is 1. The SMILES string of the molecule is Cc1cc(N(CCOS(C)(=O)=O)CCOS(C)(=O)=O)ccc1C=Nc1cccc(C(=O)O)c1. The maximum absolute atomic E-state index is 11.2. The molecule has 0 aliphatic carbocycles. The van der Waals surface area contributed by atoms with E-state index < -0.39 is 26.2 Å². The van der Waals surface area contributed by atoms with Crippen LogP contribution in [0.1, 0.15) is 21.5 Å². The van der Waals surface area contributed by atoms with E-state index in [1.807, 2.05) is 13.0 Å². The van der Waals surface area contributed by atoms with Crippen LogP contribution < -0.4 is 4.90 Å². The molecule has 0 atom stereocenters. The van der Waals surface area contributed by atoms with Crippen LogP contribution >= 0.6 is 0 Å². The van der Waals surface area contributed by atoms with Crippen LogP contribution in [0.2, 0.25) is 0 Å². The van der Waals surface area contributed by atoms with Gasteiger partial charge in [0.2, 0.25) is 0 Å². The second-order valence-corrected chi connectivity index (χ2v) is 10.5. The van der Waals surface area contributed by atoms with Crippen molar-refractivity contribution in [3.05, 3.63) is 59.2 Å². The van der Waals surface area contributed by atoms with Crippen LogP contribution in [0.4, 0.5) is 11.4 Å². The van der Waals surface area contributed by atoms with Gasteiger partial charge in [0, 0.05) is 25.0 Å². The molecule has 0 aliphatic heterocycles. The predicted octanol–water partition coefficient (Wildman–Crippen LogP) is 2.20. The zero-order valence-corrected chi connectivity index (χ0v) is 20.1. The minimum absolute atomic E-state index is 0.111. The molecule has 0 aromatic heterocycles. The third-order valence-electron chi connectivity index (χ3n) is 4.38. The number of carboxylic acids is 1. The van der Waals surface area contributed by atoms with Gasteiger partial charge < -0.3 is 10.0 Å². The van der Waals surface area contributed by atoms with Crippen LogP contribution in [-0.4, -0.2) is 72.9 Å². The topological polar surface area (TPSA) is 140 Å². The van der Waals surface area contributed by atoms with Gasteiger partial charge in [-0.15, -0.1) is 0 Å². The highest BCUT2D eigenvalue weighted by molar-refractivity contribution is 7.86. The number of carbonyl (C=O) groups is 1. The van der Waals surface area contributed by atoms with Crippen LogP contribution in [0.5, 0.6) is 0 Å². The molecule has 0 spiro atoms. The second kappa shape index (κ2) is 11.4. The van der Waals surface area contributed by atoms with Gasteiger partial charge in [0.1, 0.15) is 0 Å². The number of aliphatic imine (C=N–C) groups is 1. The lowest BCUT2D eigenvalue weighted by molar-refractivity contribution is 0.0697. The first kappa shape index (κ1) is 26.5. The van der Waals surface area contributed by atoms with Crippen LogP contribution in [0.15, 0.2) is 47.5 Å². The maximum Gasteiger partial charge on any atom is 0.335 e. The van der Waals surface area contributed by atoms with Gasteiger partial charge in [-0.1, -0.05) is 12.1 Å². The number of nitrogens with zero attached hydrogens (tertiary/aromatic N) is 2. The Labute approximate surface area is 193 Å². The average Bonchev–Trinajstić information content (AvgIpc) is 2.70. The van der Waals surface area contributed by atoms with Gasteiger partial charge in [-0.3, -0.25) is 13.4 Å². The molecular formula is C21H26N2O8S2. The zero-order chi connectivity index (χ0) is 24.6. The van der Waals surface area contributed by atoms with E-state index in [-0.39, 0.29) is 31.9 Å². The number of anilines is 1. The van der Waals surface area contributed by atoms with Crippen LogP contribution in [0.25, 0.3) is 0 Å². The molecule has 1 N–H and O–H groups in total. The summed E-state index contributed by atoms with van der Waals surface area (Å²) in [5.74, 6) is -1.03. The van der Waals surface area contributed by atoms with Gasteiger partial charge in [-0.2, -0.15) is 16.8 Å². The van der Waals surface area contributed by atoms with E-state index >= 15 is 0 Å². The summed E-state index contributed by atoms with van der Waals surface area (Å²) in [6.07, 6.45) is 3.52. The van der Waals surface area contributed by atoms with Gasteiger partial charge in [0.25, 0.3) is 20.2 Å². The van der Waals surface area contributed by atoms with Crippen LogP contribution in [-0.2, 0) is 28.6 Å². The van der Waals surface area contributed by atoms with E-state index in [2.05, 4.69) is 4.99 Å². The monoisotopic (exact) mass is 498 g/mol. The molecule has 0 unspecified atom stereocenters. The molecule has 0 radical (unpaired) electrons. The second-order valence-electron chi connectivity index (χ2n) is 7.19. The summed E-state index contributed by atoms with van der Waals surface area (Å²) < 4.78 is 54.6. The lowest BCUT2D eigenvalue weighted by atomic mass is 10.1. The Morgan fingerprint density at radius 3 is 2.12 bits per heavy atom. The molecule has 0 fully saturated rings. The number of aryl methyl sites for hydroxylation is 1. The largest absolute Gasteiger partial charge is 0.478 e. The van der Waals surface area contributed by atoms with Crippen molar-refractivity contribution in [1.29, 1.82) is 0 Å². The highest BCUT2D eigenvalue weighted by Gasteiger charge is 2.12. The fourth-order valence-electron chi connectivity index (χ4n) is 2.83. The highest BCUT2D eigenvalue weighted by atomic mass is 32.2. The first-order valence-electron chi connectivity index (χ1n) is 9.76. The Morgan fingerprint density at radius 1 is 1.00 bits per heavy atom. The molecule has 10 nitrogen and oxygen atoms in total. The fraction of sp³-hybridized carbons (Fsp3) is 0.333. The van der Waals surface area contributed by atoms with Gasteiger partial charge >= 0.3 is 5.97 Å². The minimum Gasteiger partial charge on any atom is -0.478 e. The summed E-state index contributed by atoms with van der Waals surface area (Å²) in [6, 6.07) is 11.7. The first-order chi connectivity index (χ1) is 15.3. The Hall–Kier alpha value is -2.80. The normalized spacial score (nSPS) is 12.2. The fourth-order valence-corrected chi connectivity index (χ4v) is 3.59. The van der Waals surface area contributed by atoms with Crippen molar-refractivity contribution in [1.82, 2.24) is 0 Å². The van der Waals surface area contributed by atoms with Gasteiger partial charge in [0.15, 0.2) is 0 Å². The van der Waals surface area contributed by atoms with Crippen molar-refractivity contribution in [2.45, 2.75) is 6.92 Å². The number of rotatable bonds is 12. The van der Waals surface area contributed by atoms with Crippen molar-refractivity contribution >= 4 is 43.8 Å². The van der Waals surface area contributed by atoms with E-state index in [0.29, 0.717) is 11.4 Å². The lowest BCUT2D eigenvalue weighted by Gasteiger charge is -2.25. The number of benzene rings is 2. The Kier molecular flexibility index (Phi) is 9.11. The summed E-state index contributed by atoms with van der Waals surface area (Å²) >= 11 is 0. The summed E-state index contributed by atoms with van der Waals surface area (Å²) in [5, 5.41) is 9.09. The van der Waals surface area contributed by atoms with Gasteiger partial charge in [-0.05, 0) is 48.4 Å². The first-order valence-corrected chi connectivity index (χ1v) is 13.4. The zero-order valence-electron chi connectivity index (χ0n) is 18.5. The Balaban J connectivity index is 2.19.